The molecule has 2 aliphatic rings. The van der Waals surface area contributed by atoms with Crippen LogP contribution in [0.4, 0.5) is 5.69 Å². The molecule has 6 nitrogen and oxygen atoms in total. The van der Waals surface area contributed by atoms with Crippen LogP contribution < -0.4 is 4.90 Å². The van der Waals surface area contributed by atoms with Gasteiger partial charge in [-0.05, 0) is 59.7 Å². The molecule has 1 N–H and O–H groups in total. The Morgan fingerprint density at radius 2 is 1.64 bits per heavy atom. The smallest absolute Gasteiger partial charge is 0.326 e. The summed E-state index contributed by atoms with van der Waals surface area (Å²) < 4.78 is 0.301. The quantitative estimate of drug-likeness (QED) is 0.217. The average Bonchev–Trinajstić information content (AvgIpc) is 3.25. The van der Waals surface area contributed by atoms with Crippen molar-refractivity contribution >= 4 is 51.9 Å². The third-order valence-corrected chi connectivity index (χ3v) is 9.15. The lowest BCUT2D eigenvalue weighted by Gasteiger charge is -2.36. The van der Waals surface area contributed by atoms with E-state index in [2.05, 4.69) is 77.4 Å². The second-order valence-electron chi connectivity index (χ2n) is 11.4. The van der Waals surface area contributed by atoms with Gasteiger partial charge in [-0.3, -0.25) is 14.6 Å². The molecule has 1 atom stereocenters. The van der Waals surface area contributed by atoms with Crippen LogP contribution in [0, 0.1) is 12.8 Å². The van der Waals surface area contributed by atoms with Crippen LogP contribution in [0.5, 0.6) is 0 Å². The zero-order chi connectivity index (χ0) is 29.8. The van der Waals surface area contributed by atoms with Gasteiger partial charge in [0.15, 0.2) is 0 Å². The van der Waals surface area contributed by atoms with Crippen molar-refractivity contribution in [3.8, 4) is 11.1 Å². The second kappa shape index (κ2) is 13.2. The Bertz CT molecular complexity index is 1480. The first-order valence-corrected chi connectivity index (χ1v) is 15.6. The van der Waals surface area contributed by atoms with E-state index in [1.165, 1.54) is 38.9 Å². The number of amides is 1. The van der Waals surface area contributed by atoms with Crippen molar-refractivity contribution in [2.45, 2.75) is 39.8 Å². The lowest BCUT2D eigenvalue weighted by Crippen LogP contribution is -2.46. The van der Waals surface area contributed by atoms with Crippen LogP contribution >= 0.6 is 24.0 Å². The van der Waals surface area contributed by atoms with Crippen LogP contribution in [0.3, 0.4) is 0 Å². The Hall–Kier alpha value is -3.46. The molecule has 0 unspecified atom stereocenters. The van der Waals surface area contributed by atoms with Gasteiger partial charge in [0.1, 0.15) is 10.4 Å². The molecular formula is C34H37N3O3S2. The summed E-state index contributed by atoms with van der Waals surface area (Å²) in [6.07, 6.45) is 2.16. The number of hydrogen-bond donors (Lipinski definition) is 1. The number of piperazine rings is 1. The SMILES string of the molecule is Cc1ccc(-c2ccccc2CN2CCN(c3ccc(/C=C4\SC(=S)N([C@@H](CC(C)C)C(=O)O)C4=O)cc3)CC2)cc1. The molecule has 2 fully saturated rings. The van der Waals surface area contributed by atoms with Crippen molar-refractivity contribution in [2.24, 2.45) is 5.92 Å². The summed E-state index contributed by atoms with van der Waals surface area (Å²) in [6.45, 7) is 10.8. The van der Waals surface area contributed by atoms with Gasteiger partial charge in [0.2, 0.25) is 0 Å². The van der Waals surface area contributed by atoms with Crippen LogP contribution in [-0.2, 0) is 16.1 Å². The molecule has 0 aromatic heterocycles. The Labute approximate surface area is 258 Å². The van der Waals surface area contributed by atoms with Crippen LogP contribution in [0.1, 0.15) is 37.0 Å². The van der Waals surface area contributed by atoms with Gasteiger partial charge < -0.3 is 10.0 Å². The molecular weight excluding hydrogens is 563 g/mol. The normalized spacial score (nSPS) is 17.9. The van der Waals surface area contributed by atoms with Crippen molar-refractivity contribution in [2.75, 3.05) is 31.1 Å². The van der Waals surface area contributed by atoms with E-state index in [0.29, 0.717) is 15.6 Å². The van der Waals surface area contributed by atoms with Gasteiger partial charge in [0.25, 0.3) is 5.91 Å². The van der Waals surface area contributed by atoms with E-state index >= 15 is 0 Å². The molecule has 2 saturated heterocycles. The maximum atomic E-state index is 13.1. The zero-order valence-electron chi connectivity index (χ0n) is 24.3. The zero-order valence-corrected chi connectivity index (χ0v) is 26.0. The number of hydrogen-bond acceptors (Lipinski definition) is 6. The molecule has 2 heterocycles. The summed E-state index contributed by atoms with van der Waals surface area (Å²) in [5, 5.41) is 9.72. The topological polar surface area (TPSA) is 64.1 Å². The Morgan fingerprint density at radius 3 is 2.29 bits per heavy atom. The highest BCUT2D eigenvalue weighted by atomic mass is 32.2. The number of benzene rings is 3. The van der Waals surface area contributed by atoms with Gasteiger partial charge >= 0.3 is 5.97 Å². The average molecular weight is 600 g/mol. The molecule has 1 amide bonds. The predicted octanol–water partition coefficient (Wildman–Crippen LogP) is 6.68. The standard InChI is InChI=1S/C34H37N3O3S2/c1-23(2)20-30(33(39)40)37-32(38)31(42-34(37)41)21-25-10-14-28(15-11-25)36-18-16-35(17-19-36)22-27-6-4-5-7-29(27)26-12-8-24(3)9-13-26/h4-15,21,23,30H,16-20,22H2,1-3H3,(H,39,40)/b31-21-/t30-/m0/s1. The molecule has 0 saturated carbocycles. The lowest BCUT2D eigenvalue weighted by atomic mass is 9.98. The Kier molecular flexibility index (Phi) is 9.46. The van der Waals surface area contributed by atoms with Gasteiger partial charge in [0, 0.05) is 38.4 Å². The number of carbonyl (C=O) groups is 2. The van der Waals surface area contributed by atoms with Crippen molar-refractivity contribution in [3.63, 3.8) is 0 Å². The van der Waals surface area contributed by atoms with E-state index in [9.17, 15) is 14.7 Å². The molecule has 0 radical (unpaired) electrons. The maximum absolute atomic E-state index is 13.1. The Morgan fingerprint density at radius 1 is 0.976 bits per heavy atom. The predicted molar refractivity (Wildman–Crippen MR) is 176 cm³/mol. The lowest BCUT2D eigenvalue weighted by molar-refractivity contribution is -0.145. The minimum atomic E-state index is -1.03. The first-order valence-electron chi connectivity index (χ1n) is 14.4. The van der Waals surface area contributed by atoms with E-state index < -0.39 is 12.0 Å². The van der Waals surface area contributed by atoms with Crippen LogP contribution in [0.25, 0.3) is 17.2 Å². The highest BCUT2D eigenvalue weighted by Crippen LogP contribution is 2.35. The van der Waals surface area contributed by atoms with Crippen LogP contribution in [0.15, 0.2) is 77.7 Å². The summed E-state index contributed by atoms with van der Waals surface area (Å²) in [5.74, 6) is -1.23. The number of thiocarbonyl (C=S) groups is 1. The van der Waals surface area contributed by atoms with E-state index in [1.807, 2.05) is 26.0 Å². The fourth-order valence-corrected chi connectivity index (χ4v) is 6.88. The van der Waals surface area contributed by atoms with E-state index in [-0.39, 0.29) is 11.8 Å². The number of aliphatic carboxylic acids is 1. The molecule has 3 aromatic carbocycles. The molecule has 8 heteroatoms. The number of carbonyl (C=O) groups excluding carboxylic acids is 1. The van der Waals surface area contributed by atoms with Crippen molar-refractivity contribution in [1.29, 1.82) is 0 Å². The minimum Gasteiger partial charge on any atom is -0.480 e. The molecule has 0 bridgehead atoms. The summed E-state index contributed by atoms with van der Waals surface area (Å²) in [5.41, 5.74) is 7.22. The summed E-state index contributed by atoms with van der Waals surface area (Å²) >= 11 is 6.58. The number of carboxylic acids is 1. The van der Waals surface area contributed by atoms with E-state index in [1.54, 1.807) is 6.08 Å². The largest absolute Gasteiger partial charge is 0.480 e. The maximum Gasteiger partial charge on any atom is 0.326 e. The van der Waals surface area contributed by atoms with Crippen LogP contribution in [-0.4, -0.2) is 63.3 Å². The Balaban J connectivity index is 1.20. The monoisotopic (exact) mass is 599 g/mol. The number of aryl methyl sites for hydroxylation is 1. The third kappa shape index (κ3) is 6.94. The third-order valence-electron chi connectivity index (χ3n) is 7.82. The summed E-state index contributed by atoms with van der Waals surface area (Å²) in [6, 6.07) is 24.7. The fourth-order valence-electron chi connectivity index (χ4n) is 5.52. The number of anilines is 1. The number of carboxylic acid groups (broad SMARTS) is 1. The first-order chi connectivity index (χ1) is 20.2. The molecule has 0 spiro atoms. The fraction of sp³-hybridized carbons (Fsp3) is 0.324. The van der Waals surface area contributed by atoms with Crippen molar-refractivity contribution < 1.29 is 14.7 Å². The summed E-state index contributed by atoms with van der Waals surface area (Å²) in [7, 11) is 0. The molecule has 5 rings (SSSR count). The first kappa shape index (κ1) is 30.0. The number of thioether (sulfide) groups is 1. The molecule has 3 aromatic rings. The van der Waals surface area contributed by atoms with Gasteiger partial charge in [0.05, 0.1) is 4.91 Å². The molecule has 0 aliphatic carbocycles. The van der Waals surface area contributed by atoms with Gasteiger partial charge in [-0.1, -0.05) is 104 Å². The number of nitrogens with zero attached hydrogens (tertiary/aromatic N) is 3. The van der Waals surface area contributed by atoms with E-state index in [4.69, 9.17) is 12.2 Å². The van der Waals surface area contributed by atoms with Crippen molar-refractivity contribution in [1.82, 2.24) is 9.80 Å². The molecule has 2 aliphatic heterocycles. The molecule has 218 valence electrons. The van der Waals surface area contributed by atoms with Gasteiger partial charge in [-0.15, -0.1) is 0 Å². The number of rotatable bonds is 9. The van der Waals surface area contributed by atoms with Gasteiger partial charge in [-0.2, -0.15) is 0 Å². The highest BCUT2D eigenvalue weighted by molar-refractivity contribution is 8.26. The van der Waals surface area contributed by atoms with E-state index in [0.717, 1.165) is 44.0 Å². The van der Waals surface area contributed by atoms with Crippen molar-refractivity contribution in [3.05, 3.63) is 94.4 Å². The second-order valence-corrected chi connectivity index (χ2v) is 13.1. The summed E-state index contributed by atoms with van der Waals surface area (Å²) in [4.78, 5) is 31.6. The minimum absolute atomic E-state index is 0.128. The molecule has 42 heavy (non-hydrogen) atoms. The highest BCUT2D eigenvalue weighted by Gasteiger charge is 2.40. The van der Waals surface area contributed by atoms with Gasteiger partial charge in [-0.25, -0.2) is 4.79 Å². The van der Waals surface area contributed by atoms with Crippen LogP contribution in [0.2, 0.25) is 0 Å².